The van der Waals surface area contributed by atoms with Crippen LogP contribution in [0.5, 0.6) is 0 Å². The molecule has 6 N–H and O–H groups in total. The van der Waals surface area contributed by atoms with Gasteiger partial charge in [-0.15, -0.1) is 0 Å². The molecule has 15 heteroatoms. The van der Waals surface area contributed by atoms with E-state index < -0.39 is 88.5 Å². The van der Waals surface area contributed by atoms with Gasteiger partial charge in [-0.05, 0) is 31.6 Å². The molecule has 1 aliphatic rings. The molecule has 0 aromatic rings. The smallest absolute Gasteiger partial charge is 0.462 e. The number of aliphatic hydroxyl groups is 5. The summed E-state index contributed by atoms with van der Waals surface area (Å²) in [4.78, 5) is 47.9. The summed E-state index contributed by atoms with van der Waals surface area (Å²) in [5, 5.41) is 49.6. The minimum atomic E-state index is -4.70. The number of carbonyl (C=O) groups is 3. The summed E-state index contributed by atoms with van der Waals surface area (Å²) in [6.07, 6.45) is 14.0. The Morgan fingerprint density at radius 3 is 2.02 bits per heavy atom. The van der Waals surface area contributed by atoms with Crippen molar-refractivity contribution in [3.63, 3.8) is 0 Å². The van der Waals surface area contributed by atoms with E-state index in [0.717, 1.165) is 50.9 Å². The minimum absolute atomic E-state index is 0.0423. The summed E-state index contributed by atoms with van der Waals surface area (Å²) >= 11 is 0. The van der Waals surface area contributed by atoms with Gasteiger partial charge >= 0.3 is 19.8 Å². The molecule has 0 bridgehead atoms. The monoisotopic (exact) mass is 822 g/mol. The molecule has 0 aromatic carbocycles. The quantitative estimate of drug-likeness (QED) is 0.0180. The zero-order valence-corrected chi connectivity index (χ0v) is 35.2. The molecule has 0 aliphatic heterocycles. The maximum Gasteiger partial charge on any atom is 0.472 e. The van der Waals surface area contributed by atoms with Gasteiger partial charge in [0.25, 0.3) is 0 Å². The van der Waals surface area contributed by atoms with E-state index in [1.165, 1.54) is 32.1 Å². The van der Waals surface area contributed by atoms with Crippen LogP contribution in [0.2, 0.25) is 0 Å². The van der Waals surface area contributed by atoms with Crippen molar-refractivity contribution < 1.29 is 67.9 Å². The molecule has 0 heterocycles. The molecule has 1 saturated carbocycles. The largest absolute Gasteiger partial charge is 0.472 e. The normalized spacial score (nSPS) is 21.7. The van der Waals surface area contributed by atoms with E-state index in [-0.39, 0.29) is 37.9 Å². The number of rotatable bonds is 35. The highest BCUT2D eigenvalue weighted by atomic mass is 31.2. The van der Waals surface area contributed by atoms with Crippen LogP contribution in [-0.4, -0.2) is 105 Å². The van der Waals surface area contributed by atoms with Crippen LogP contribution in [0, 0.1) is 17.8 Å². The summed E-state index contributed by atoms with van der Waals surface area (Å²) < 4.78 is 32.5. The van der Waals surface area contributed by atoms with Crippen LogP contribution in [0.4, 0.5) is 0 Å². The molecule has 14 nitrogen and oxygen atoms in total. The molecule has 0 spiro atoms. The van der Waals surface area contributed by atoms with E-state index in [1.54, 1.807) is 12.2 Å². The number of aliphatic hydroxyl groups excluding tert-OH is 5. The van der Waals surface area contributed by atoms with Crippen LogP contribution in [0.15, 0.2) is 12.2 Å². The highest BCUT2D eigenvalue weighted by Gasteiger charge is 2.41. The first-order valence-corrected chi connectivity index (χ1v) is 22.7. The lowest BCUT2D eigenvalue weighted by molar-refractivity contribution is -0.161. The fourth-order valence-electron chi connectivity index (χ4n) is 6.67. The Kier molecular flexibility index (Phi) is 29.1. The van der Waals surface area contributed by atoms with Crippen molar-refractivity contribution in [3.8, 4) is 0 Å². The van der Waals surface area contributed by atoms with Crippen molar-refractivity contribution >= 4 is 25.5 Å². The van der Waals surface area contributed by atoms with Crippen molar-refractivity contribution in [1.29, 1.82) is 0 Å². The van der Waals surface area contributed by atoms with Crippen LogP contribution in [0.25, 0.3) is 0 Å². The molecule has 1 fully saturated rings. The van der Waals surface area contributed by atoms with Crippen molar-refractivity contribution in [2.45, 2.75) is 186 Å². The zero-order valence-electron chi connectivity index (χ0n) is 34.3. The molecular weight excluding hydrogens is 747 g/mol. The number of phosphoric acid groups is 1. The fourth-order valence-corrected chi connectivity index (χ4v) is 7.46. The first kappa shape index (κ1) is 52.3. The first-order chi connectivity index (χ1) is 26.7. The molecule has 1 rings (SSSR count). The fraction of sp³-hybridized carbons (Fsp3) is 0.878. The van der Waals surface area contributed by atoms with Gasteiger partial charge in [-0.25, -0.2) is 4.57 Å². The van der Waals surface area contributed by atoms with E-state index in [4.69, 9.17) is 19.1 Å². The maximum absolute atomic E-state index is 12.8. The van der Waals surface area contributed by atoms with Gasteiger partial charge in [0, 0.05) is 43.9 Å². The number of ether oxygens (including phenoxy) is 2. The minimum Gasteiger partial charge on any atom is -0.462 e. The van der Waals surface area contributed by atoms with E-state index in [1.807, 2.05) is 0 Å². The summed E-state index contributed by atoms with van der Waals surface area (Å²) in [6.45, 7) is 4.13. The third kappa shape index (κ3) is 25.6. The lowest BCUT2D eigenvalue weighted by Crippen LogP contribution is -2.29. The second-order valence-corrected chi connectivity index (χ2v) is 17.0. The Labute approximate surface area is 335 Å². The number of hydrogen-bond acceptors (Lipinski definition) is 13. The molecular formula is C41H75O14P. The van der Waals surface area contributed by atoms with Crippen molar-refractivity contribution in [2.75, 3.05) is 26.4 Å². The predicted molar refractivity (Wildman–Crippen MR) is 212 cm³/mol. The highest BCUT2D eigenvalue weighted by molar-refractivity contribution is 7.47. The van der Waals surface area contributed by atoms with Gasteiger partial charge in [0.05, 0.1) is 38.1 Å². The van der Waals surface area contributed by atoms with Gasteiger partial charge < -0.3 is 39.9 Å². The van der Waals surface area contributed by atoms with Crippen LogP contribution in [0.3, 0.4) is 0 Å². The van der Waals surface area contributed by atoms with Crippen LogP contribution >= 0.6 is 7.82 Å². The van der Waals surface area contributed by atoms with Gasteiger partial charge in [-0.2, -0.15) is 0 Å². The van der Waals surface area contributed by atoms with E-state index >= 15 is 0 Å². The third-order valence-corrected chi connectivity index (χ3v) is 11.4. The second-order valence-electron chi connectivity index (χ2n) is 15.6. The van der Waals surface area contributed by atoms with Crippen LogP contribution in [0.1, 0.15) is 156 Å². The Bertz CT molecular complexity index is 1140. The van der Waals surface area contributed by atoms with Crippen molar-refractivity contribution in [1.82, 2.24) is 0 Å². The molecule has 0 radical (unpaired) electrons. The Morgan fingerprint density at radius 1 is 0.768 bits per heavy atom. The maximum atomic E-state index is 12.8. The highest BCUT2D eigenvalue weighted by Crippen LogP contribution is 2.43. The average molecular weight is 823 g/mol. The Hall–Kier alpha value is -1.74. The molecule has 0 amide bonds. The first-order valence-electron chi connectivity index (χ1n) is 21.2. The van der Waals surface area contributed by atoms with E-state index in [0.29, 0.717) is 25.7 Å². The summed E-state index contributed by atoms with van der Waals surface area (Å²) in [7, 11) is -4.70. The number of phosphoric ester groups is 1. The number of unbranched alkanes of at least 4 members (excludes halogenated alkanes) is 10. The molecule has 0 saturated heterocycles. The molecule has 328 valence electrons. The topological polar surface area (TPSA) is 227 Å². The average Bonchev–Trinajstić information content (AvgIpc) is 3.43. The summed E-state index contributed by atoms with van der Waals surface area (Å²) in [6, 6.07) is 0. The molecule has 1 aliphatic carbocycles. The SMILES string of the molecule is CCCCC[C@H](O)/C=C/[C@@H]1[C@@H](CC(=O)CCCCC(=O)OC[C@H](COP(=O)(O)OC[C@@H](O)CO)OC(=O)CCCCCCCCCCC(C)CC)[C@@H](O)C[C@H]1O. The Balaban J connectivity index is 2.52. The number of hydrogen-bond donors (Lipinski definition) is 6. The number of ketones is 1. The zero-order chi connectivity index (χ0) is 41.8. The predicted octanol–water partition coefficient (Wildman–Crippen LogP) is 6.25. The number of Topliss-reactive ketones (excluding diaryl/α,β-unsaturated/α-hetero) is 1. The molecule has 9 atom stereocenters. The number of esters is 2. The molecule has 56 heavy (non-hydrogen) atoms. The van der Waals surface area contributed by atoms with Gasteiger partial charge in [0.2, 0.25) is 0 Å². The summed E-state index contributed by atoms with van der Waals surface area (Å²) in [5.41, 5.74) is 0. The van der Waals surface area contributed by atoms with E-state index in [9.17, 15) is 44.3 Å². The van der Waals surface area contributed by atoms with Gasteiger partial charge in [-0.1, -0.05) is 110 Å². The van der Waals surface area contributed by atoms with Crippen LogP contribution < -0.4 is 0 Å². The van der Waals surface area contributed by atoms with Crippen molar-refractivity contribution in [3.05, 3.63) is 12.2 Å². The third-order valence-electron chi connectivity index (χ3n) is 10.4. The van der Waals surface area contributed by atoms with Gasteiger partial charge in [-0.3, -0.25) is 23.4 Å². The standard InChI is InChI=1S/C41H75O14P/c1-4-6-13-19-32(43)23-24-36-37(39(47)26-38(36)46)25-33(44)20-16-17-21-40(48)52-29-35(30-54-56(50,51)53-28-34(45)27-42)55-41(49)22-15-12-10-8-7-9-11-14-18-31(3)5-2/h23-24,31-32,34-39,42-43,45-47H,4-22,25-30H2,1-3H3,(H,50,51)/b24-23+/t31?,32-,34-,35+,36+,37+,38+,39-/m0/s1. The van der Waals surface area contributed by atoms with Gasteiger partial charge in [0.15, 0.2) is 6.10 Å². The van der Waals surface area contributed by atoms with E-state index in [2.05, 4.69) is 25.3 Å². The number of carbonyl (C=O) groups excluding carboxylic acids is 3. The van der Waals surface area contributed by atoms with Gasteiger partial charge in [0.1, 0.15) is 18.5 Å². The summed E-state index contributed by atoms with van der Waals surface area (Å²) in [5.74, 6) is -1.47. The molecule has 2 unspecified atom stereocenters. The Morgan fingerprint density at radius 2 is 1.36 bits per heavy atom. The van der Waals surface area contributed by atoms with Crippen molar-refractivity contribution in [2.24, 2.45) is 17.8 Å². The lowest BCUT2D eigenvalue weighted by Gasteiger charge is -2.20. The van der Waals surface area contributed by atoms with Crippen LogP contribution in [-0.2, 0) is 37.5 Å². The lowest BCUT2D eigenvalue weighted by atomic mass is 9.87. The second kappa shape index (κ2) is 31.2. The molecule has 0 aromatic heterocycles.